The maximum atomic E-state index is 8.84. The fraction of sp³-hybridized carbons (Fsp3) is 0.684. The molecule has 0 fully saturated rings. The van der Waals surface area contributed by atoms with Crippen LogP contribution in [-0.2, 0) is 0 Å². The molecule has 126 valence electrons. The van der Waals surface area contributed by atoms with Gasteiger partial charge in [-0.3, -0.25) is 0 Å². The summed E-state index contributed by atoms with van der Waals surface area (Å²) in [6.45, 7) is 4.93. The first-order valence-corrected chi connectivity index (χ1v) is 8.81. The highest BCUT2D eigenvalue weighted by Crippen LogP contribution is 2.17. The number of hydrogen-bond donors (Lipinski definition) is 2. The summed E-state index contributed by atoms with van der Waals surface area (Å²) in [6.07, 6.45) is 8.83. The second-order valence-corrected chi connectivity index (χ2v) is 6.10. The van der Waals surface area contributed by atoms with E-state index in [1.54, 1.807) is 0 Å². The van der Waals surface area contributed by atoms with Gasteiger partial charge in [-0.05, 0) is 44.7 Å². The van der Waals surface area contributed by atoms with Crippen molar-refractivity contribution in [3.63, 3.8) is 0 Å². The molecular weight excluding hydrogens is 274 g/mol. The number of hydrogen-bond acceptors (Lipinski definition) is 3. The predicted octanol–water partition coefficient (Wildman–Crippen LogP) is 3.91. The summed E-state index contributed by atoms with van der Waals surface area (Å²) in [6, 6.07) is 8.80. The lowest BCUT2D eigenvalue weighted by Gasteiger charge is -2.25. The van der Waals surface area contributed by atoms with Crippen molar-refractivity contribution in [2.45, 2.75) is 58.3 Å². The van der Waals surface area contributed by atoms with Gasteiger partial charge < -0.3 is 15.1 Å². The molecule has 0 spiro atoms. The van der Waals surface area contributed by atoms with E-state index in [1.165, 1.54) is 36.9 Å². The van der Waals surface area contributed by atoms with Gasteiger partial charge in [-0.15, -0.1) is 0 Å². The summed E-state index contributed by atoms with van der Waals surface area (Å²) in [5, 5.41) is 17.7. The van der Waals surface area contributed by atoms with Crippen molar-refractivity contribution in [2.24, 2.45) is 0 Å². The van der Waals surface area contributed by atoms with Gasteiger partial charge in [0.15, 0.2) is 0 Å². The van der Waals surface area contributed by atoms with E-state index in [1.807, 2.05) is 0 Å². The van der Waals surface area contributed by atoms with Gasteiger partial charge in [-0.1, -0.05) is 43.4 Å². The number of unbranched alkanes of at least 4 members (excludes halogenated alkanes) is 6. The lowest BCUT2D eigenvalue weighted by Crippen LogP contribution is -2.25. The zero-order valence-corrected chi connectivity index (χ0v) is 14.1. The summed E-state index contributed by atoms with van der Waals surface area (Å²) in [5.74, 6) is 0. The lowest BCUT2D eigenvalue weighted by atomic mass is 10.1. The molecule has 0 aliphatic heterocycles. The number of aryl methyl sites for hydroxylation is 1. The van der Waals surface area contributed by atoms with E-state index in [4.69, 9.17) is 10.2 Å². The van der Waals surface area contributed by atoms with Crippen LogP contribution in [-0.4, -0.2) is 36.5 Å². The highest BCUT2D eigenvalue weighted by atomic mass is 16.3. The van der Waals surface area contributed by atoms with Crippen molar-refractivity contribution in [3.8, 4) is 0 Å². The van der Waals surface area contributed by atoms with Crippen LogP contribution in [0, 0.1) is 6.92 Å². The molecule has 0 aromatic heterocycles. The molecule has 3 heteroatoms. The number of anilines is 1. The normalized spacial score (nSPS) is 10.9. The lowest BCUT2D eigenvalue weighted by molar-refractivity contribution is 0.282. The van der Waals surface area contributed by atoms with Crippen molar-refractivity contribution in [3.05, 3.63) is 29.8 Å². The molecule has 0 radical (unpaired) electrons. The van der Waals surface area contributed by atoms with Crippen LogP contribution < -0.4 is 4.90 Å². The van der Waals surface area contributed by atoms with Gasteiger partial charge in [0.2, 0.25) is 0 Å². The first-order valence-electron chi connectivity index (χ1n) is 8.81. The van der Waals surface area contributed by atoms with Crippen molar-refractivity contribution >= 4 is 5.69 Å². The second kappa shape index (κ2) is 12.5. The fourth-order valence-electron chi connectivity index (χ4n) is 2.66. The number of aliphatic hydroxyl groups excluding tert-OH is 2. The van der Waals surface area contributed by atoms with Gasteiger partial charge in [0.25, 0.3) is 0 Å². The summed E-state index contributed by atoms with van der Waals surface area (Å²) in [7, 11) is 0. The van der Waals surface area contributed by atoms with Gasteiger partial charge in [-0.25, -0.2) is 0 Å². The Morgan fingerprint density at radius 1 is 0.682 bits per heavy atom. The molecule has 0 aliphatic rings. The maximum absolute atomic E-state index is 8.84. The molecule has 1 rings (SSSR count). The Hall–Kier alpha value is -1.06. The van der Waals surface area contributed by atoms with Crippen molar-refractivity contribution in [1.82, 2.24) is 0 Å². The molecule has 2 N–H and O–H groups in total. The molecule has 0 atom stereocenters. The molecule has 0 bridgehead atoms. The predicted molar refractivity (Wildman–Crippen MR) is 94.5 cm³/mol. The van der Waals surface area contributed by atoms with Crippen molar-refractivity contribution in [1.29, 1.82) is 0 Å². The SMILES string of the molecule is Cc1ccc(N(CCCCCCO)CCCCCCO)cc1. The van der Waals surface area contributed by atoms with Gasteiger partial charge in [0.05, 0.1) is 0 Å². The number of benzene rings is 1. The van der Waals surface area contributed by atoms with Crippen LogP contribution >= 0.6 is 0 Å². The van der Waals surface area contributed by atoms with Crippen LogP contribution in [0.3, 0.4) is 0 Å². The van der Waals surface area contributed by atoms with Crippen LogP contribution in [0.4, 0.5) is 5.69 Å². The zero-order valence-electron chi connectivity index (χ0n) is 14.1. The van der Waals surface area contributed by atoms with Crippen molar-refractivity contribution in [2.75, 3.05) is 31.2 Å². The Labute approximate surface area is 136 Å². The third-order valence-electron chi connectivity index (χ3n) is 4.07. The molecule has 0 saturated heterocycles. The average molecular weight is 307 g/mol. The van der Waals surface area contributed by atoms with Gasteiger partial charge in [0.1, 0.15) is 0 Å². The summed E-state index contributed by atoms with van der Waals surface area (Å²) >= 11 is 0. The summed E-state index contributed by atoms with van der Waals surface area (Å²) in [4.78, 5) is 2.48. The molecule has 3 nitrogen and oxygen atoms in total. The fourth-order valence-corrected chi connectivity index (χ4v) is 2.66. The second-order valence-electron chi connectivity index (χ2n) is 6.10. The first-order chi connectivity index (χ1) is 10.8. The minimum Gasteiger partial charge on any atom is -0.396 e. The van der Waals surface area contributed by atoms with E-state index >= 15 is 0 Å². The Kier molecular flexibility index (Phi) is 10.8. The molecule has 0 unspecified atom stereocenters. The smallest absolute Gasteiger partial charge is 0.0431 e. The van der Waals surface area contributed by atoms with Crippen LogP contribution in [0.5, 0.6) is 0 Å². The first kappa shape index (κ1) is 19.0. The van der Waals surface area contributed by atoms with Gasteiger partial charge in [0, 0.05) is 32.0 Å². The van der Waals surface area contributed by atoms with Gasteiger partial charge in [-0.2, -0.15) is 0 Å². The van der Waals surface area contributed by atoms with E-state index in [-0.39, 0.29) is 0 Å². The Morgan fingerprint density at radius 2 is 1.14 bits per heavy atom. The average Bonchev–Trinajstić information content (AvgIpc) is 2.53. The number of aliphatic hydroxyl groups is 2. The Bertz CT molecular complexity index is 350. The molecule has 22 heavy (non-hydrogen) atoms. The minimum atomic E-state index is 0.312. The molecular formula is C19H33NO2. The topological polar surface area (TPSA) is 43.7 Å². The van der Waals surface area contributed by atoms with E-state index in [0.717, 1.165) is 38.8 Å². The summed E-state index contributed by atoms with van der Waals surface area (Å²) in [5.41, 5.74) is 2.62. The van der Waals surface area contributed by atoms with E-state index in [9.17, 15) is 0 Å². The minimum absolute atomic E-state index is 0.312. The van der Waals surface area contributed by atoms with E-state index < -0.39 is 0 Å². The van der Waals surface area contributed by atoms with E-state index in [2.05, 4.69) is 36.1 Å². The monoisotopic (exact) mass is 307 g/mol. The highest BCUT2D eigenvalue weighted by molar-refractivity contribution is 5.47. The highest BCUT2D eigenvalue weighted by Gasteiger charge is 2.06. The largest absolute Gasteiger partial charge is 0.396 e. The zero-order chi connectivity index (χ0) is 16.0. The molecule has 0 saturated carbocycles. The molecule has 1 aromatic carbocycles. The third kappa shape index (κ3) is 8.40. The van der Waals surface area contributed by atoms with Crippen LogP contribution in [0.2, 0.25) is 0 Å². The van der Waals surface area contributed by atoms with Crippen LogP contribution in [0.15, 0.2) is 24.3 Å². The van der Waals surface area contributed by atoms with Crippen molar-refractivity contribution < 1.29 is 10.2 Å². The van der Waals surface area contributed by atoms with Crippen LogP contribution in [0.1, 0.15) is 56.9 Å². The molecule has 0 aliphatic carbocycles. The summed E-state index contributed by atoms with van der Waals surface area (Å²) < 4.78 is 0. The molecule has 0 heterocycles. The van der Waals surface area contributed by atoms with Crippen LogP contribution in [0.25, 0.3) is 0 Å². The quantitative estimate of drug-likeness (QED) is 0.543. The Balaban J connectivity index is 2.40. The Morgan fingerprint density at radius 3 is 1.59 bits per heavy atom. The number of nitrogens with zero attached hydrogens (tertiary/aromatic N) is 1. The standard InChI is InChI=1S/C19H33NO2/c1-18-10-12-19(13-11-18)20(14-6-2-4-8-16-21)15-7-3-5-9-17-22/h10-13,21-22H,2-9,14-17H2,1H3. The molecule has 0 amide bonds. The van der Waals surface area contributed by atoms with Gasteiger partial charge >= 0.3 is 0 Å². The number of rotatable bonds is 13. The third-order valence-corrected chi connectivity index (χ3v) is 4.07. The maximum Gasteiger partial charge on any atom is 0.0431 e. The molecule has 1 aromatic rings. The van der Waals surface area contributed by atoms with E-state index in [0.29, 0.717) is 13.2 Å².